The summed E-state index contributed by atoms with van der Waals surface area (Å²) in [6, 6.07) is 1.07. The van der Waals surface area contributed by atoms with E-state index in [-0.39, 0.29) is 24.6 Å². The number of hydrogen-bond acceptors (Lipinski definition) is 5. The van der Waals surface area contributed by atoms with Crippen LogP contribution in [0.25, 0.3) is 0 Å². The van der Waals surface area contributed by atoms with Crippen molar-refractivity contribution in [3.8, 4) is 0 Å². The number of ketones is 1. The van der Waals surface area contributed by atoms with Gasteiger partial charge in [-0.2, -0.15) is 13.8 Å². The van der Waals surface area contributed by atoms with Gasteiger partial charge >= 0.3 is 0 Å². The van der Waals surface area contributed by atoms with Crippen molar-refractivity contribution >= 4 is 12.1 Å². The zero-order valence-electron chi connectivity index (χ0n) is 11.8. The highest BCUT2D eigenvalue weighted by atomic mass is 19.1. The van der Waals surface area contributed by atoms with Crippen LogP contribution in [-0.4, -0.2) is 47.3 Å². The minimum Gasteiger partial charge on any atom is -0.375 e. The standard InChI is InChI=1S/C14H16F2N2O3/c1-8-5-18(11(7-21-8)12(20)6-19)9(2)10-3-4-13(15)17-14(10)16/h3-4,6,8-9,11H,5,7H2,1-2H3/t8?,9-,11?/m0/s1. The van der Waals surface area contributed by atoms with Gasteiger partial charge in [0.1, 0.15) is 6.04 Å². The molecule has 0 radical (unpaired) electrons. The zero-order valence-corrected chi connectivity index (χ0v) is 11.8. The van der Waals surface area contributed by atoms with Gasteiger partial charge in [0.15, 0.2) is 6.29 Å². The van der Waals surface area contributed by atoms with Crippen molar-refractivity contribution in [3.63, 3.8) is 0 Å². The van der Waals surface area contributed by atoms with E-state index < -0.39 is 29.8 Å². The smallest absolute Gasteiger partial charge is 0.220 e. The number of aromatic nitrogens is 1. The first-order valence-electron chi connectivity index (χ1n) is 6.62. The van der Waals surface area contributed by atoms with Crippen LogP contribution in [0, 0.1) is 11.9 Å². The number of carbonyl (C=O) groups is 2. The van der Waals surface area contributed by atoms with Gasteiger partial charge in [-0.15, -0.1) is 0 Å². The molecule has 2 heterocycles. The van der Waals surface area contributed by atoms with Gasteiger partial charge in [-0.25, -0.2) is 0 Å². The molecule has 1 fully saturated rings. The van der Waals surface area contributed by atoms with E-state index in [0.717, 1.165) is 6.07 Å². The lowest BCUT2D eigenvalue weighted by molar-refractivity contribution is -0.142. The van der Waals surface area contributed by atoms with Crippen LogP contribution in [0.15, 0.2) is 12.1 Å². The monoisotopic (exact) mass is 298 g/mol. The quantitative estimate of drug-likeness (QED) is 0.476. The molecule has 0 spiro atoms. The maximum absolute atomic E-state index is 13.8. The first-order chi connectivity index (χ1) is 9.93. The molecule has 0 saturated carbocycles. The Bertz CT molecular complexity index is 553. The number of rotatable bonds is 4. The van der Waals surface area contributed by atoms with Crippen LogP contribution < -0.4 is 0 Å². The second-order valence-electron chi connectivity index (χ2n) is 5.07. The zero-order chi connectivity index (χ0) is 15.6. The van der Waals surface area contributed by atoms with Crippen molar-refractivity contribution in [2.24, 2.45) is 0 Å². The molecule has 1 saturated heterocycles. The number of halogens is 2. The molecule has 0 aliphatic carbocycles. The minimum absolute atomic E-state index is 0.0688. The molecule has 0 amide bonds. The number of carbonyl (C=O) groups excluding carboxylic acids is 2. The molecule has 2 rings (SSSR count). The topological polar surface area (TPSA) is 59.5 Å². The molecule has 2 unspecified atom stereocenters. The van der Waals surface area contributed by atoms with Crippen LogP contribution in [-0.2, 0) is 14.3 Å². The van der Waals surface area contributed by atoms with Gasteiger partial charge in [-0.3, -0.25) is 14.5 Å². The summed E-state index contributed by atoms with van der Waals surface area (Å²) in [7, 11) is 0. The third-order valence-electron chi connectivity index (χ3n) is 3.64. The normalized spacial score (nSPS) is 24.6. The molecule has 1 aliphatic heterocycles. The predicted molar refractivity (Wildman–Crippen MR) is 69.5 cm³/mol. The van der Waals surface area contributed by atoms with E-state index in [9.17, 15) is 18.4 Å². The highest BCUT2D eigenvalue weighted by Gasteiger charge is 2.36. The van der Waals surface area contributed by atoms with Gasteiger partial charge in [0.05, 0.1) is 12.7 Å². The number of hydrogen-bond donors (Lipinski definition) is 0. The van der Waals surface area contributed by atoms with Crippen LogP contribution in [0.5, 0.6) is 0 Å². The highest BCUT2D eigenvalue weighted by Crippen LogP contribution is 2.27. The summed E-state index contributed by atoms with van der Waals surface area (Å²) in [4.78, 5) is 27.3. The molecule has 5 nitrogen and oxygen atoms in total. The lowest BCUT2D eigenvalue weighted by Gasteiger charge is -2.40. The molecule has 0 N–H and O–H groups in total. The molecule has 1 aliphatic rings. The predicted octanol–water partition coefficient (Wildman–Crippen LogP) is 1.28. The maximum atomic E-state index is 13.8. The van der Waals surface area contributed by atoms with Crippen LogP contribution in [0.3, 0.4) is 0 Å². The maximum Gasteiger partial charge on any atom is 0.220 e. The fourth-order valence-electron chi connectivity index (χ4n) is 2.49. The van der Waals surface area contributed by atoms with E-state index in [1.165, 1.54) is 6.07 Å². The second kappa shape index (κ2) is 6.36. The highest BCUT2D eigenvalue weighted by molar-refractivity contribution is 6.27. The van der Waals surface area contributed by atoms with Gasteiger partial charge in [0, 0.05) is 18.2 Å². The molecule has 0 bridgehead atoms. The van der Waals surface area contributed by atoms with E-state index >= 15 is 0 Å². The van der Waals surface area contributed by atoms with Crippen LogP contribution >= 0.6 is 0 Å². The number of pyridine rings is 1. The molecular formula is C14H16F2N2O3. The first-order valence-corrected chi connectivity index (χ1v) is 6.62. The Hall–Kier alpha value is -1.73. The Morgan fingerprint density at radius 3 is 2.86 bits per heavy atom. The lowest BCUT2D eigenvalue weighted by Crippen LogP contribution is -2.53. The Morgan fingerprint density at radius 2 is 2.24 bits per heavy atom. The molecule has 3 atom stereocenters. The summed E-state index contributed by atoms with van der Waals surface area (Å²) in [5.74, 6) is -2.44. The van der Waals surface area contributed by atoms with E-state index in [0.29, 0.717) is 6.54 Å². The number of aldehydes is 1. The summed E-state index contributed by atoms with van der Waals surface area (Å²) in [5.41, 5.74) is 0.175. The number of morpholine rings is 1. The fraction of sp³-hybridized carbons (Fsp3) is 0.500. The molecule has 7 heteroatoms. The number of ether oxygens (including phenoxy) is 1. The molecule has 0 aromatic carbocycles. The molecule has 1 aromatic rings. The third-order valence-corrected chi connectivity index (χ3v) is 3.64. The molecular weight excluding hydrogens is 282 g/mol. The third kappa shape index (κ3) is 3.30. The number of Topliss-reactive ketones (excluding diaryl/α,β-unsaturated/α-hetero) is 1. The Kier molecular flexibility index (Phi) is 4.74. The summed E-state index contributed by atoms with van der Waals surface area (Å²) in [6.07, 6.45) is 0.0860. The molecule has 21 heavy (non-hydrogen) atoms. The van der Waals surface area contributed by atoms with E-state index in [1.54, 1.807) is 11.8 Å². The minimum atomic E-state index is -0.918. The van der Waals surface area contributed by atoms with Crippen molar-refractivity contribution < 1.29 is 23.1 Å². The van der Waals surface area contributed by atoms with Crippen molar-refractivity contribution in [3.05, 3.63) is 29.6 Å². The van der Waals surface area contributed by atoms with Gasteiger partial charge in [-0.05, 0) is 26.0 Å². The number of nitrogens with zero attached hydrogens (tertiary/aromatic N) is 2. The van der Waals surface area contributed by atoms with Crippen molar-refractivity contribution in [1.29, 1.82) is 0 Å². The van der Waals surface area contributed by atoms with Crippen molar-refractivity contribution in [2.45, 2.75) is 32.0 Å². The lowest BCUT2D eigenvalue weighted by atomic mass is 10.0. The largest absolute Gasteiger partial charge is 0.375 e. The first kappa shape index (κ1) is 15.7. The van der Waals surface area contributed by atoms with Gasteiger partial charge in [0.2, 0.25) is 17.7 Å². The second-order valence-corrected chi connectivity index (χ2v) is 5.07. The van der Waals surface area contributed by atoms with Gasteiger partial charge in [0.25, 0.3) is 0 Å². The van der Waals surface area contributed by atoms with Crippen LogP contribution in [0.1, 0.15) is 25.5 Å². The van der Waals surface area contributed by atoms with Crippen molar-refractivity contribution in [2.75, 3.05) is 13.2 Å². The average molecular weight is 298 g/mol. The van der Waals surface area contributed by atoms with Gasteiger partial charge < -0.3 is 4.74 Å². The Morgan fingerprint density at radius 1 is 1.52 bits per heavy atom. The SMILES string of the molecule is CC1CN([C@@H](C)c2ccc(F)nc2F)C(C(=O)C=O)CO1. The average Bonchev–Trinajstić information content (AvgIpc) is 2.45. The summed E-state index contributed by atoms with van der Waals surface area (Å²) >= 11 is 0. The van der Waals surface area contributed by atoms with E-state index in [1.807, 2.05) is 6.92 Å². The van der Waals surface area contributed by atoms with Crippen LogP contribution in [0.2, 0.25) is 0 Å². The van der Waals surface area contributed by atoms with Crippen molar-refractivity contribution in [1.82, 2.24) is 9.88 Å². The molecule has 1 aromatic heterocycles. The Labute approximate surface area is 120 Å². The van der Waals surface area contributed by atoms with Gasteiger partial charge in [-0.1, -0.05) is 0 Å². The Balaban J connectivity index is 2.30. The van der Waals surface area contributed by atoms with E-state index in [2.05, 4.69) is 4.98 Å². The van der Waals surface area contributed by atoms with E-state index in [4.69, 9.17) is 4.74 Å². The summed E-state index contributed by atoms with van der Waals surface area (Å²) < 4.78 is 32.1. The van der Waals surface area contributed by atoms with Crippen LogP contribution in [0.4, 0.5) is 8.78 Å². The fourth-order valence-corrected chi connectivity index (χ4v) is 2.49. The molecule has 114 valence electrons. The summed E-state index contributed by atoms with van der Waals surface area (Å²) in [5, 5.41) is 0. The summed E-state index contributed by atoms with van der Waals surface area (Å²) in [6.45, 7) is 3.93.